The zero-order chi connectivity index (χ0) is 12.3. The Kier molecular flexibility index (Phi) is 4.13. The second-order valence-electron chi connectivity index (χ2n) is 3.22. The summed E-state index contributed by atoms with van der Waals surface area (Å²) in [4.78, 5) is 0. The SMILES string of the molecule is CC.Cc1cc(O)cc2ccc(F)c(Cl)c12. The van der Waals surface area contributed by atoms with Crippen molar-refractivity contribution in [3.05, 3.63) is 40.7 Å². The maximum absolute atomic E-state index is 13.1. The molecule has 0 heterocycles. The summed E-state index contributed by atoms with van der Waals surface area (Å²) < 4.78 is 13.1. The molecule has 0 saturated carbocycles. The average molecular weight is 241 g/mol. The molecule has 16 heavy (non-hydrogen) atoms. The highest BCUT2D eigenvalue weighted by molar-refractivity contribution is 6.36. The van der Waals surface area contributed by atoms with Gasteiger partial charge in [-0.3, -0.25) is 0 Å². The summed E-state index contributed by atoms with van der Waals surface area (Å²) >= 11 is 5.83. The lowest BCUT2D eigenvalue weighted by atomic mass is 10.0. The maximum atomic E-state index is 13.1. The van der Waals surface area contributed by atoms with Crippen LogP contribution < -0.4 is 0 Å². The van der Waals surface area contributed by atoms with Gasteiger partial charge in [-0.25, -0.2) is 4.39 Å². The highest BCUT2D eigenvalue weighted by Crippen LogP contribution is 2.31. The van der Waals surface area contributed by atoms with Gasteiger partial charge in [0.25, 0.3) is 0 Å². The van der Waals surface area contributed by atoms with Crippen molar-refractivity contribution in [2.24, 2.45) is 0 Å². The minimum absolute atomic E-state index is 0.111. The van der Waals surface area contributed by atoms with E-state index in [9.17, 15) is 9.50 Å². The summed E-state index contributed by atoms with van der Waals surface area (Å²) in [5.74, 6) is -0.273. The predicted molar refractivity (Wildman–Crippen MR) is 66.7 cm³/mol. The second kappa shape index (κ2) is 5.17. The lowest BCUT2D eigenvalue weighted by Gasteiger charge is -2.05. The van der Waals surface area contributed by atoms with Gasteiger partial charge in [0.2, 0.25) is 0 Å². The topological polar surface area (TPSA) is 20.2 Å². The first-order valence-electron chi connectivity index (χ1n) is 5.17. The van der Waals surface area contributed by atoms with Gasteiger partial charge in [-0.2, -0.15) is 0 Å². The number of benzene rings is 2. The number of phenolic OH excluding ortho intramolecular Hbond substituents is 1. The Bertz CT molecular complexity index is 509. The van der Waals surface area contributed by atoms with Gasteiger partial charge in [-0.05, 0) is 36.1 Å². The van der Waals surface area contributed by atoms with Gasteiger partial charge in [-0.1, -0.05) is 31.5 Å². The zero-order valence-electron chi connectivity index (χ0n) is 9.51. The Morgan fingerprint density at radius 2 is 1.81 bits per heavy atom. The first kappa shape index (κ1) is 12.8. The van der Waals surface area contributed by atoms with Crippen LogP contribution in [-0.4, -0.2) is 5.11 Å². The highest BCUT2D eigenvalue weighted by atomic mass is 35.5. The fraction of sp³-hybridized carbons (Fsp3) is 0.231. The van der Waals surface area contributed by atoms with Crippen molar-refractivity contribution >= 4 is 22.4 Å². The van der Waals surface area contributed by atoms with Gasteiger partial charge in [0.1, 0.15) is 11.6 Å². The Hall–Kier alpha value is -1.28. The van der Waals surface area contributed by atoms with Crippen molar-refractivity contribution < 1.29 is 9.50 Å². The van der Waals surface area contributed by atoms with E-state index in [0.717, 1.165) is 10.9 Å². The van der Waals surface area contributed by atoms with Gasteiger partial charge in [0.15, 0.2) is 0 Å². The molecule has 0 aliphatic rings. The molecule has 1 nitrogen and oxygen atoms in total. The van der Waals surface area contributed by atoms with E-state index in [0.29, 0.717) is 5.39 Å². The van der Waals surface area contributed by atoms with E-state index in [-0.39, 0.29) is 10.8 Å². The summed E-state index contributed by atoms with van der Waals surface area (Å²) in [6.07, 6.45) is 0. The first-order valence-corrected chi connectivity index (χ1v) is 5.54. The number of hydrogen-bond donors (Lipinski definition) is 1. The van der Waals surface area contributed by atoms with Crippen molar-refractivity contribution in [1.29, 1.82) is 0 Å². The van der Waals surface area contributed by atoms with Gasteiger partial charge in [0.05, 0.1) is 5.02 Å². The van der Waals surface area contributed by atoms with Crippen LogP contribution in [0.5, 0.6) is 5.75 Å². The third kappa shape index (κ3) is 2.27. The van der Waals surface area contributed by atoms with Gasteiger partial charge < -0.3 is 5.11 Å². The van der Waals surface area contributed by atoms with Crippen molar-refractivity contribution in [3.8, 4) is 5.75 Å². The third-order valence-electron chi connectivity index (χ3n) is 2.19. The molecule has 1 N–H and O–H groups in total. The Morgan fingerprint density at radius 3 is 2.44 bits per heavy atom. The number of aromatic hydroxyl groups is 1. The number of rotatable bonds is 0. The molecule has 0 aliphatic carbocycles. The lowest BCUT2D eigenvalue weighted by Crippen LogP contribution is -1.84. The van der Waals surface area contributed by atoms with Crippen LogP contribution in [0.4, 0.5) is 4.39 Å². The van der Waals surface area contributed by atoms with E-state index in [1.165, 1.54) is 6.07 Å². The van der Waals surface area contributed by atoms with Crippen LogP contribution in [0.25, 0.3) is 10.8 Å². The molecule has 0 spiro atoms. The molecule has 0 fully saturated rings. The van der Waals surface area contributed by atoms with Gasteiger partial charge in [-0.15, -0.1) is 0 Å². The number of fused-ring (bicyclic) bond motifs is 1. The standard InChI is InChI=1S/C11H8ClFO.C2H6/c1-6-4-8(14)5-7-2-3-9(13)11(12)10(6)7;1-2/h2-5,14H,1H3;1-2H3. The number of phenols is 1. The van der Waals surface area contributed by atoms with E-state index in [2.05, 4.69) is 0 Å². The summed E-state index contributed by atoms with van der Waals surface area (Å²) in [6.45, 7) is 5.79. The highest BCUT2D eigenvalue weighted by Gasteiger charge is 2.08. The molecule has 0 aliphatic heterocycles. The summed E-state index contributed by atoms with van der Waals surface area (Å²) in [6, 6.07) is 6.02. The maximum Gasteiger partial charge on any atom is 0.142 e. The molecular formula is C13H14ClFO. The van der Waals surface area contributed by atoms with Crippen LogP contribution in [0.3, 0.4) is 0 Å². The van der Waals surface area contributed by atoms with Crippen molar-refractivity contribution in [2.75, 3.05) is 0 Å². The largest absolute Gasteiger partial charge is 0.508 e. The van der Waals surface area contributed by atoms with Crippen LogP contribution in [0.2, 0.25) is 5.02 Å². The lowest BCUT2D eigenvalue weighted by molar-refractivity contribution is 0.476. The van der Waals surface area contributed by atoms with Gasteiger partial charge >= 0.3 is 0 Å². The van der Waals surface area contributed by atoms with E-state index in [1.54, 1.807) is 25.1 Å². The molecule has 0 bridgehead atoms. The molecule has 2 rings (SSSR count). The molecule has 2 aromatic rings. The first-order chi connectivity index (χ1) is 7.59. The van der Waals surface area contributed by atoms with Crippen molar-refractivity contribution in [2.45, 2.75) is 20.8 Å². The summed E-state index contributed by atoms with van der Waals surface area (Å²) in [5, 5.41) is 10.8. The minimum Gasteiger partial charge on any atom is -0.508 e. The van der Waals surface area contributed by atoms with Crippen LogP contribution >= 0.6 is 11.6 Å². The molecular weight excluding hydrogens is 227 g/mol. The van der Waals surface area contributed by atoms with E-state index >= 15 is 0 Å². The molecule has 0 radical (unpaired) electrons. The fourth-order valence-electron chi connectivity index (χ4n) is 1.58. The molecule has 3 heteroatoms. The second-order valence-corrected chi connectivity index (χ2v) is 3.60. The predicted octanol–water partition coefficient (Wildman–Crippen LogP) is 4.67. The summed E-state index contributed by atoms with van der Waals surface area (Å²) in [7, 11) is 0. The Morgan fingerprint density at radius 1 is 1.19 bits per heavy atom. The monoisotopic (exact) mass is 240 g/mol. The normalized spacial score (nSPS) is 9.81. The van der Waals surface area contributed by atoms with Crippen molar-refractivity contribution in [3.63, 3.8) is 0 Å². The Labute approximate surface area is 99.5 Å². The van der Waals surface area contributed by atoms with Crippen LogP contribution in [-0.2, 0) is 0 Å². The van der Waals surface area contributed by atoms with Gasteiger partial charge in [0, 0.05) is 5.39 Å². The van der Waals surface area contributed by atoms with E-state index in [4.69, 9.17) is 11.6 Å². The number of halogens is 2. The molecule has 0 amide bonds. The number of hydrogen-bond acceptors (Lipinski definition) is 1. The van der Waals surface area contributed by atoms with Crippen LogP contribution in [0.1, 0.15) is 19.4 Å². The quantitative estimate of drug-likeness (QED) is 0.709. The zero-order valence-corrected chi connectivity index (χ0v) is 10.3. The summed E-state index contributed by atoms with van der Waals surface area (Å²) in [5.41, 5.74) is 0.768. The number of aryl methyl sites for hydroxylation is 1. The molecule has 0 atom stereocenters. The molecule has 0 saturated heterocycles. The Balaban J connectivity index is 0.000000606. The molecule has 0 aromatic heterocycles. The van der Waals surface area contributed by atoms with Crippen LogP contribution in [0.15, 0.2) is 24.3 Å². The van der Waals surface area contributed by atoms with E-state index in [1.807, 2.05) is 13.8 Å². The fourth-order valence-corrected chi connectivity index (χ4v) is 1.90. The molecule has 0 unspecified atom stereocenters. The third-order valence-corrected chi connectivity index (χ3v) is 2.56. The van der Waals surface area contributed by atoms with E-state index < -0.39 is 5.82 Å². The molecule has 2 aromatic carbocycles. The van der Waals surface area contributed by atoms with Crippen LogP contribution in [0, 0.1) is 12.7 Å². The molecule has 86 valence electrons. The smallest absolute Gasteiger partial charge is 0.142 e. The minimum atomic E-state index is -0.437. The average Bonchev–Trinajstić information content (AvgIpc) is 2.26. The van der Waals surface area contributed by atoms with Crippen molar-refractivity contribution in [1.82, 2.24) is 0 Å².